The van der Waals surface area contributed by atoms with Gasteiger partial charge in [0, 0.05) is 4.83 Å². The minimum absolute atomic E-state index is 0.620. The van der Waals surface area contributed by atoms with Gasteiger partial charge in [-0.1, -0.05) is 72.8 Å². The van der Waals surface area contributed by atoms with E-state index in [0.29, 0.717) is 4.83 Å². The fourth-order valence-electron chi connectivity index (χ4n) is 2.50. The highest BCUT2D eigenvalue weighted by atomic mass is 79.9. The number of benzene rings is 1. The molecule has 0 N–H and O–H groups in total. The highest BCUT2D eigenvalue weighted by Gasteiger charge is 2.17. The summed E-state index contributed by atoms with van der Waals surface area (Å²) in [7, 11) is 0. The second-order valence-corrected chi connectivity index (χ2v) is 6.64. The zero-order valence-electron chi connectivity index (χ0n) is 12.3. The first-order valence-corrected chi connectivity index (χ1v) is 8.20. The molecule has 2 atom stereocenters. The summed E-state index contributed by atoms with van der Waals surface area (Å²) in [6.45, 7) is 9.00. The van der Waals surface area contributed by atoms with Crippen LogP contribution in [-0.4, -0.2) is 4.83 Å². The van der Waals surface area contributed by atoms with Gasteiger partial charge in [-0.05, 0) is 43.7 Å². The molecule has 0 aliphatic rings. The molecule has 0 bridgehead atoms. The fraction of sp³-hybridized carbons (Fsp3) is 0.647. The monoisotopic (exact) mass is 310 g/mol. The van der Waals surface area contributed by atoms with Gasteiger partial charge in [-0.2, -0.15) is 0 Å². The Labute approximate surface area is 121 Å². The van der Waals surface area contributed by atoms with E-state index in [1.165, 1.54) is 42.4 Å². The molecule has 0 amide bonds. The molecule has 0 spiro atoms. The average Bonchev–Trinajstić information content (AvgIpc) is 2.35. The Hall–Kier alpha value is -0.300. The van der Waals surface area contributed by atoms with E-state index in [1.807, 2.05) is 0 Å². The normalized spacial score (nSPS) is 14.5. The third kappa shape index (κ3) is 4.76. The number of hydrogen-bond acceptors (Lipinski definition) is 0. The summed E-state index contributed by atoms with van der Waals surface area (Å²) in [5.41, 5.74) is 4.30. The standard InChI is InChI=1S/C17H27Br/c1-5-7-8-15(6-2)17(18)12-16-11-13(3)9-10-14(16)4/h9-11,15,17H,5-8,12H2,1-4H3. The summed E-state index contributed by atoms with van der Waals surface area (Å²) in [4.78, 5) is 0.620. The third-order valence-electron chi connectivity index (χ3n) is 3.88. The van der Waals surface area contributed by atoms with Crippen LogP contribution in [0.5, 0.6) is 0 Å². The highest BCUT2D eigenvalue weighted by Crippen LogP contribution is 2.27. The Morgan fingerprint density at radius 2 is 1.89 bits per heavy atom. The first kappa shape index (κ1) is 15.8. The van der Waals surface area contributed by atoms with Crippen molar-refractivity contribution in [3.8, 4) is 0 Å². The van der Waals surface area contributed by atoms with Gasteiger partial charge >= 0.3 is 0 Å². The molecule has 0 nitrogen and oxygen atoms in total. The van der Waals surface area contributed by atoms with E-state index in [0.717, 1.165) is 12.3 Å². The summed E-state index contributed by atoms with van der Waals surface area (Å²) < 4.78 is 0. The topological polar surface area (TPSA) is 0 Å². The van der Waals surface area contributed by atoms with Gasteiger partial charge in [-0.25, -0.2) is 0 Å². The van der Waals surface area contributed by atoms with Gasteiger partial charge in [0.05, 0.1) is 0 Å². The second-order valence-electron chi connectivity index (χ2n) is 5.46. The molecule has 0 saturated carbocycles. The van der Waals surface area contributed by atoms with Crippen molar-refractivity contribution < 1.29 is 0 Å². The smallest absolute Gasteiger partial charge is 0.0214 e. The van der Waals surface area contributed by atoms with Gasteiger partial charge in [0.25, 0.3) is 0 Å². The number of halogens is 1. The first-order chi connectivity index (χ1) is 8.58. The second kappa shape index (κ2) is 7.99. The van der Waals surface area contributed by atoms with Crippen molar-refractivity contribution >= 4 is 15.9 Å². The molecule has 102 valence electrons. The van der Waals surface area contributed by atoms with Crippen molar-refractivity contribution in [3.05, 3.63) is 34.9 Å². The van der Waals surface area contributed by atoms with Crippen LogP contribution in [0.2, 0.25) is 0 Å². The fourth-order valence-corrected chi connectivity index (χ4v) is 3.49. The highest BCUT2D eigenvalue weighted by molar-refractivity contribution is 9.09. The van der Waals surface area contributed by atoms with Crippen LogP contribution in [0, 0.1) is 19.8 Å². The molecule has 0 aromatic heterocycles. The van der Waals surface area contributed by atoms with Crippen LogP contribution >= 0.6 is 15.9 Å². The van der Waals surface area contributed by atoms with E-state index in [9.17, 15) is 0 Å². The van der Waals surface area contributed by atoms with Crippen LogP contribution < -0.4 is 0 Å². The molecule has 2 unspecified atom stereocenters. The average molecular weight is 311 g/mol. The molecule has 0 heterocycles. The quantitative estimate of drug-likeness (QED) is 0.556. The van der Waals surface area contributed by atoms with E-state index in [-0.39, 0.29) is 0 Å². The predicted octanol–water partition coefficient (Wildman–Crippen LogP) is 5.83. The summed E-state index contributed by atoms with van der Waals surface area (Å²) in [5, 5.41) is 0. The summed E-state index contributed by atoms with van der Waals surface area (Å²) in [5.74, 6) is 0.810. The third-order valence-corrected chi connectivity index (χ3v) is 4.96. The molecule has 0 aliphatic heterocycles. The van der Waals surface area contributed by atoms with Crippen molar-refractivity contribution in [2.75, 3.05) is 0 Å². The predicted molar refractivity (Wildman–Crippen MR) is 85.6 cm³/mol. The molecule has 1 heteroatoms. The van der Waals surface area contributed by atoms with Crippen molar-refractivity contribution in [1.82, 2.24) is 0 Å². The van der Waals surface area contributed by atoms with Gasteiger partial charge in [-0.3, -0.25) is 0 Å². The van der Waals surface area contributed by atoms with Crippen LogP contribution in [0.1, 0.15) is 56.2 Å². The van der Waals surface area contributed by atoms with Crippen molar-refractivity contribution in [2.24, 2.45) is 5.92 Å². The molecule has 18 heavy (non-hydrogen) atoms. The molecule has 0 aliphatic carbocycles. The number of alkyl halides is 1. The lowest BCUT2D eigenvalue weighted by Crippen LogP contribution is -2.17. The SMILES string of the molecule is CCCCC(CC)C(Br)Cc1cc(C)ccc1C. The van der Waals surface area contributed by atoms with Crippen LogP contribution in [0.4, 0.5) is 0 Å². The number of rotatable bonds is 7. The zero-order chi connectivity index (χ0) is 13.5. The molecule has 1 aromatic carbocycles. The van der Waals surface area contributed by atoms with Gasteiger partial charge in [0.2, 0.25) is 0 Å². The largest absolute Gasteiger partial charge is 0.0884 e. The van der Waals surface area contributed by atoms with Crippen molar-refractivity contribution in [1.29, 1.82) is 0 Å². The van der Waals surface area contributed by atoms with Crippen LogP contribution in [-0.2, 0) is 6.42 Å². The lowest BCUT2D eigenvalue weighted by molar-refractivity contribution is 0.437. The molecular weight excluding hydrogens is 284 g/mol. The summed E-state index contributed by atoms with van der Waals surface area (Å²) in [6, 6.07) is 6.80. The lowest BCUT2D eigenvalue weighted by atomic mass is 9.90. The molecule has 0 radical (unpaired) electrons. The minimum atomic E-state index is 0.620. The molecule has 1 rings (SSSR count). The van der Waals surface area contributed by atoms with E-state index in [2.05, 4.69) is 61.8 Å². The lowest BCUT2D eigenvalue weighted by Gasteiger charge is -2.22. The van der Waals surface area contributed by atoms with Gasteiger partial charge in [0.15, 0.2) is 0 Å². The maximum absolute atomic E-state index is 3.93. The molecule has 1 aromatic rings. The summed E-state index contributed by atoms with van der Waals surface area (Å²) >= 11 is 3.93. The Morgan fingerprint density at radius 3 is 2.50 bits per heavy atom. The zero-order valence-corrected chi connectivity index (χ0v) is 13.9. The van der Waals surface area contributed by atoms with Crippen LogP contribution in [0.15, 0.2) is 18.2 Å². The van der Waals surface area contributed by atoms with E-state index < -0.39 is 0 Å². The van der Waals surface area contributed by atoms with Crippen molar-refractivity contribution in [3.63, 3.8) is 0 Å². The van der Waals surface area contributed by atoms with E-state index in [4.69, 9.17) is 0 Å². The molecule has 0 saturated heterocycles. The Kier molecular flexibility index (Phi) is 6.99. The van der Waals surface area contributed by atoms with E-state index in [1.54, 1.807) is 0 Å². The minimum Gasteiger partial charge on any atom is -0.0884 e. The first-order valence-electron chi connectivity index (χ1n) is 7.28. The molecular formula is C17H27Br. The Balaban J connectivity index is 2.66. The maximum atomic E-state index is 3.93. The van der Waals surface area contributed by atoms with E-state index >= 15 is 0 Å². The number of unbranched alkanes of at least 4 members (excludes halogenated alkanes) is 1. The van der Waals surface area contributed by atoms with Crippen LogP contribution in [0.25, 0.3) is 0 Å². The maximum Gasteiger partial charge on any atom is 0.0214 e. The van der Waals surface area contributed by atoms with Crippen LogP contribution in [0.3, 0.4) is 0 Å². The Bertz CT molecular complexity index is 357. The molecule has 0 fully saturated rings. The summed E-state index contributed by atoms with van der Waals surface area (Å²) in [6.07, 6.45) is 6.46. The number of hydrogen-bond donors (Lipinski definition) is 0. The van der Waals surface area contributed by atoms with Crippen molar-refractivity contribution in [2.45, 2.75) is 64.6 Å². The van der Waals surface area contributed by atoms with Gasteiger partial charge in [0.1, 0.15) is 0 Å². The number of aryl methyl sites for hydroxylation is 2. The van der Waals surface area contributed by atoms with Gasteiger partial charge < -0.3 is 0 Å². The Morgan fingerprint density at radius 1 is 1.17 bits per heavy atom. The van der Waals surface area contributed by atoms with Gasteiger partial charge in [-0.15, -0.1) is 0 Å².